The number of non-ortho nitro benzene ring substituents is 1. The summed E-state index contributed by atoms with van der Waals surface area (Å²) in [6.45, 7) is 2.28. The summed E-state index contributed by atoms with van der Waals surface area (Å²) in [5.74, 6) is -0.432. The first-order chi connectivity index (χ1) is 11.9. The molecule has 0 radical (unpaired) electrons. The first-order valence-corrected chi connectivity index (χ1v) is 7.68. The Bertz CT molecular complexity index is 894. The van der Waals surface area contributed by atoms with Gasteiger partial charge in [0.15, 0.2) is 0 Å². The molecule has 0 spiro atoms. The molecule has 0 saturated carbocycles. The Morgan fingerprint density at radius 1 is 1.08 bits per heavy atom. The highest BCUT2D eigenvalue weighted by Gasteiger charge is 2.28. The number of carbonyl (C=O) groups is 1. The zero-order valence-corrected chi connectivity index (χ0v) is 13.5. The van der Waals surface area contributed by atoms with Crippen molar-refractivity contribution in [3.05, 3.63) is 78.9 Å². The summed E-state index contributed by atoms with van der Waals surface area (Å²) in [6.07, 6.45) is 0.679. The molecule has 0 N–H and O–H groups in total. The first-order valence-electron chi connectivity index (χ1n) is 7.68. The van der Waals surface area contributed by atoms with Gasteiger partial charge in [-0.2, -0.15) is 0 Å². The lowest BCUT2D eigenvalue weighted by molar-refractivity contribution is -0.394. The van der Waals surface area contributed by atoms with Gasteiger partial charge in [-0.05, 0) is 24.5 Å². The third-order valence-corrected chi connectivity index (χ3v) is 4.42. The quantitative estimate of drug-likeness (QED) is 0.630. The number of amides is 1. The standard InChI is InChI=1S/C17H15N3O5/c1-11-15(8-14(19(22)23)9-16(11)20(24)25)17(21)18-7-6-12-4-2-3-5-13(12)10-18/h2-5,8-9H,6-7,10H2,1H3. The second kappa shape index (κ2) is 6.31. The average molecular weight is 341 g/mol. The molecule has 25 heavy (non-hydrogen) atoms. The van der Waals surface area contributed by atoms with E-state index in [2.05, 4.69) is 0 Å². The molecule has 0 aliphatic carbocycles. The molecule has 1 amide bonds. The number of nitrogens with zero attached hydrogens (tertiary/aromatic N) is 3. The van der Waals surface area contributed by atoms with Crippen LogP contribution in [-0.4, -0.2) is 27.2 Å². The van der Waals surface area contributed by atoms with Crippen molar-refractivity contribution < 1.29 is 14.6 Å². The summed E-state index contributed by atoms with van der Waals surface area (Å²) in [6, 6.07) is 9.75. The Morgan fingerprint density at radius 2 is 1.76 bits per heavy atom. The molecule has 128 valence electrons. The van der Waals surface area contributed by atoms with E-state index in [9.17, 15) is 25.0 Å². The summed E-state index contributed by atoms with van der Waals surface area (Å²) in [7, 11) is 0. The molecule has 2 aromatic rings. The fourth-order valence-corrected chi connectivity index (χ4v) is 3.04. The number of nitro groups is 2. The molecular formula is C17H15N3O5. The predicted octanol–water partition coefficient (Wildman–Crippen LogP) is 3.01. The first kappa shape index (κ1) is 16.6. The van der Waals surface area contributed by atoms with Gasteiger partial charge in [0, 0.05) is 24.7 Å². The van der Waals surface area contributed by atoms with E-state index in [0.29, 0.717) is 19.5 Å². The van der Waals surface area contributed by atoms with Crippen LogP contribution in [-0.2, 0) is 13.0 Å². The van der Waals surface area contributed by atoms with E-state index in [1.165, 1.54) is 6.92 Å². The fourth-order valence-electron chi connectivity index (χ4n) is 3.04. The van der Waals surface area contributed by atoms with Gasteiger partial charge in [-0.1, -0.05) is 24.3 Å². The van der Waals surface area contributed by atoms with Crippen LogP contribution in [0.2, 0.25) is 0 Å². The third kappa shape index (κ3) is 3.06. The van der Waals surface area contributed by atoms with Crippen LogP contribution in [0.25, 0.3) is 0 Å². The summed E-state index contributed by atoms with van der Waals surface area (Å²) in [4.78, 5) is 35.2. The van der Waals surface area contributed by atoms with Gasteiger partial charge in [0.05, 0.1) is 21.5 Å². The van der Waals surface area contributed by atoms with E-state index in [0.717, 1.165) is 23.3 Å². The molecule has 0 fully saturated rings. The smallest absolute Gasteiger partial charge is 0.279 e. The van der Waals surface area contributed by atoms with Gasteiger partial charge in [-0.3, -0.25) is 25.0 Å². The molecule has 1 aliphatic rings. The maximum Gasteiger partial charge on any atom is 0.279 e. The fraction of sp³-hybridized carbons (Fsp3) is 0.235. The van der Waals surface area contributed by atoms with Crippen molar-refractivity contribution in [3.8, 4) is 0 Å². The summed E-state index contributed by atoms with van der Waals surface area (Å²) >= 11 is 0. The van der Waals surface area contributed by atoms with Crippen LogP contribution in [0.1, 0.15) is 27.0 Å². The molecule has 0 atom stereocenters. The SMILES string of the molecule is Cc1c(C(=O)N2CCc3ccccc3C2)cc([N+](=O)[O-])cc1[N+](=O)[O-]. The number of hydrogen-bond acceptors (Lipinski definition) is 5. The number of rotatable bonds is 3. The van der Waals surface area contributed by atoms with Gasteiger partial charge in [0.1, 0.15) is 0 Å². The van der Waals surface area contributed by atoms with Crippen molar-refractivity contribution in [3.63, 3.8) is 0 Å². The molecule has 0 saturated heterocycles. The van der Waals surface area contributed by atoms with Crippen molar-refractivity contribution >= 4 is 17.3 Å². The highest BCUT2D eigenvalue weighted by molar-refractivity contribution is 5.97. The van der Waals surface area contributed by atoms with Gasteiger partial charge in [-0.15, -0.1) is 0 Å². The van der Waals surface area contributed by atoms with Gasteiger partial charge >= 0.3 is 0 Å². The monoisotopic (exact) mass is 341 g/mol. The van der Waals surface area contributed by atoms with Gasteiger partial charge < -0.3 is 4.90 Å². The lowest BCUT2D eigenvalue weighted by Gasteiger charge is -2.29. The molecule has 1 aliphatic heterocycles. The molecule has 0 unspecified atom stereocenters. The zero-order chi connectivity index (χ0) is 18.1. The molecule has 8 heteroatoms. The van der Waals surface area contributed by atoms with E-state index >= 15 is 0 Å². The van der Waals surface area contributed by atoms with Crippen LogP contribution >= 0.6 is 0 Å². The van der Waals surface area contributed by atoms with Crippen LogP contribution in [0, 0.1) is 27.2 Å². The third-order valence-electron chi connectivity index (χ3n) is 4.42. The molecule has 2 aromatic carbocycles. The lowest BCUT2D eigenvalue weighted by atomic mass is 9.98. The molecule has 1 heterocycles. The summed E-state index contributed by atoms with van der Waals surface area (Å²) < 4.78 is 0. The number of carbonyl (C=O) groups excluding carboxylic acids is 1. The largest absolute Gasteiger partial charge is 0.334 e. The van der Waals surface area contributed by atoms with Gasteiger partial charge in [0.25, 0.3) is 17.3 Å². The van der Waals surface area contributed by atoms with Crippen LogP contribution < -0.4 is 0 Å². The summed E-state index contributed by atoms with van der Waals surface area (Å²) in [5.41, 5.74) is 1.43. The Kier molecular flexibility index (Phi) is 4.18. The molecular weight excluding hydrogens is 326 g/mol. The highest BCUT2D eigenvalue weighted by atomic mass is 16.6. The minimum absolute atomic E-state index is 0.000260. The Morgan fingerprint density at radius 3 is 2.40 bits per heavy atom. The van der Waals surface area contributed by atoms with E-state index in [4.69, 9.17) is 0 Å². The molecule has 0 bridgehead atoms. The van der Waals surface area contributed by atoms with Crippen molar-refractivity contribution in [1.82, 2.24) is 4.90 Å². The Balaban J connectivity index is 2.00. The number of benzene rings is 2. The van der Waals surface area contributed by atoms with E-state index < -0.39 is 27.1 Å². The minimum atomic E-state index is -0.727. The van der Waals surface area contributed by atoms with Crippen LogP contribution in [0.15, 0.2) is 36.4 Å². The highest BCUT2D eigenvalue weighted by Crippen LogP contribution is 2.30. The summed E-state index contributed by atoms with van der Waals surface area (Å²) in [5, 5.41) is 22.2. The van der Waals surface area contributed by atoms with Crippen molar-refractivity contribution in [1.29, 1.82) is 0 Å². The van der Waals surface area contributed by atoms with E-state index in [1.54, 1.807) is 4.90 Å². The number of fused-ring (bicyclic) bond motifs is 1. The van der Waals surface area contributed by atoms with Crippen molar-refractivity contribution in [2.24, 2.45) is 0 Å². The Hall–Kier alpha value is -3.29. The topological polar surface area (TPSA) is 107 Å². The van der Waals surface area contributed by atoms with Gasteiger partial charge in [-0.25, -0.2) is 0 Å². The maximum absolute atomic E-state index is 12.9. The molecule has 0 aromatic heterocycles. The second-order valence-electron chi connectivity index (χ2n) is 5.90. The van der Waals surface area contributed by atoms with E-state index in [-0.39, 0.29) is 11.1 Å². The molecule has 8 nitrogen and oxygen atoms in total. The Labute approximate surface area is 143 Å². The lowest BCUT2D eigenvalue weighted by Crippen LogP contribution is -2.36. The normalized spacial score (nSPS) is 13.2. The van der Waals surface area contributed by atoms with Crippen molar-refractivity contribution in [2.75, 3.05) is 6.54 Å². The number of hydrogen-bond donors (Lipinski definition) is 0. The maximum atomic E-state index is 12.9. The average Bonchev–Trinajstić information content (AvgIpc) is 2.60. The number of nitro benzene ring substituents is 2. The zero-order valence-electron chi connectivity index (χ0n) is 13.5. The second-order valence-corrected chi connectivity index (χ2v) is 5.90. The molecule has 3 rings (SSSR count). The minimum Gasteiger partial charge on any atom is -0.334 e. The van der Waals surface area contributed by atoms with Crippen molar-refractivity contribution in [2.45, 2.75) is 19.9 Å². The van der Waals surface area contributed by atoms with Crippen LogP contribution in [0.5, 0.6) is 0 Å². The van der Waals surface area contributed by atoms with Crippen LogP contribution in [0.4, 0.5) is 11.4 Å². The van der Waals surface area contributed by atoms with E-state index in [1.807, 2.05) is 24.3 Å². The predicted molar refractivity (Wildman–Crippen MR) is 89.4 cm³/mol. The van der Waals surface area contributed by atoms with Crippen LogP contribution in [0.3, 0.4) is 0 Å². The van der Waals surface area contributed by atoms with Gasteiger partial charge in [0.2, 0.25) is 0 Å².